The van der Waals surface area contributed by atoms with Crippen LogP contribution in [0.3, 0.4) is 0 Å². The lowest BCUT2D eigenvalue weighted by atomic mass is 9.70. The van der Waals surface area contributed by atoms with Crippen LogP contribution in [0.25, 0.3) is 16.0 Å². The Morgan fingerprint density at radius 3 is 1.84 bits per heavy atom. The van der Waals surface area contributed by atoms with Gasteiger partial charge >= 0.3 is 7.12 Å². The first-order valence-electron chi connectivity index (χ1n) is 19.6. The molecule has 0 heterocycles. The third-order valence-electron chi connectivity index (χ3n) is 11.9. The van der Waals surface area contributed by atoms with Crippen LogP contribution in [0, 0.1) is 28.7 Å². The third-order valence-corrected chi connectivity index (χ3v) is 12.4. The molecule has 2 saturated carbocycles. The van der Waals surface area contributed by atoms with Gasteiger partial charge in [0.25, 0.3) is 0 Å². The summed E-state index contributed by atoms with van der Waals surface area (Å²) in [6.45, 7) is 12.8. The van der Waals surface area contributed by atoms with Gasteiger partial charge in [0.2, 0.25) is 0 Å². The van der Waals surface area contributed by atoms with Gasteiger partial charge in [0.15, 0.2) is 17.3 Å². The van der Waals surface area contributed by atoms with Gasteiger partial charge < -0.3 is 19.5 Å². The summed E-state index contributed by atoms with van der Waals surface area (Å²) in [5, 5.41) is 25.8. The maximum atomic E-state index is 13.3. The fraction of sp³-hybridized carbons (Fsp3) is 0.391. The normalized spacial score (nSPS) is 23.2. The van der Waals surface area contributed by atoms with E-state index >= 15 is 0 Å². The highest BCUT2D eigenvalue weighted by atomic mass is 79.9. The SMILES string of the molecule is CCOC1CCC2(CC1)Cc1ccc(Br)cc1C2=O.N#Cc1cccc(B(O)O)c1.[C-]#[N+]c1cccc(-c2ccc3c(c2)C(=O)C2(CCC(OCC)CC2)C3)c1. The highest BCUT2D eigenvalue weighted by Gasteiger charge is 2.48. The second-order valence-corrected chi connectivity index (χ2v) is 16.2. The highest BCUT2D eigenvalue weighted by molar-refractivity contribution is 9.10. The van der Waals surface area contributed by atoms with E-state index in [1.165, 1.54) is 17.2 Å². The zero-order chi connectivity index (χ0) is 39.9. The van der Waals surface area contributed by atoms with Gasteiger partial charge in [-0.05, 0) is 142 Å². The number of rotatable bonds is 6. The molecule has 2 spiro atoms. The molecule has 4 aliphatic carbocycles. The third kappa shape index (κ3) is 9.07. The summed E-state index contributed by atoms with van der Waals surface area (Å²) in [6.07, 6.45) is 10.3. The van der Waals surface area contributed by atoms with Crippen LogP contribution in [0.15, 0.2) is 89.4 Å². The van der Waals surface area contributed by atoms with Crippen LogP contribution in [-0.2, 0) is 22.3 Å². The van der Waals surface area contributed by atoms with E-state index < -0.39 is 7.12 Å². The molecule has 10 heteroatoms. The fourth-order valence-corrected chi connectivity index (χ4v) is 9.28. The second-order valence-electron chi connectivity index (χ2n) is 15.3. The molecule has 56 heavy (non-hydrogen) atoms. The number of benzene rings is 4. The Labute approximate surface area is 339 Å². The summed E-state index contributed by atoms with van der Waals surface area (Å²) < 4.78 is 12.5. The lowest BCUT2D eigenvalue weighted by Crippen LogP contribution is -2.35. The van der Waals surface area contributed by atoms with E-state index in [1.54, 1.807) is 24.3 Å². The molecule has 288 valence electrons. The van der Waals surface area contributed by atoms with Gasteiger partial charge in [-0.15, -0.1) is 0 Å². The molecule has 0 atom stereocenters. The largest absolute Gasteiger partial charge is 0.488 e. The van der Waals surface area contributed by atoms with Crippen molar-refractivity contribution in [3.8, 4) is 17.2 Å². The van der Waals surface area contributed by atoms with Gasteiger partial charge in [0.05, 0.1) is 30.4 Å². The van der Waals surface area contributed by atoms with Crippen LogP contribution >= 0.6 is 15.9 Å². The molecule has 0 aliphatic heterocycles. The smallest absolute Gasteiger partial charge is 0.423 e. The molecule has 0 aromatic heterocycles. The van der Waals surface area contributed by atoms with Crippen LogP contribution < -0.4 is 5.46 Å². The highest BCUT2D eigenvalue weighted by Crippen LogP contribution is 2.49. The molecule has 4 aromatic carbocycles. The zero-order valence-electron chi connectivity index (χ0n) is 32.1. The van der Waals surface area contributed by atoms with E-state index in [0.717, 1.165) is 104 Å². The van der Waals surface area contributed by atoms with Gasteiger partial charge in [-0.2, -0.15) is 5.26 Å². The van der Waals surface area contributed by atoms with E-state index in [2.05, 4.69) is 39.0 Å². The first-order chi connectivity index (χ1) is 27.0. The van der Waals surface area contributed by atoms with Crippen molar-refractivity contribution in [1.82, 2.24) is 0 Å². The van der Waals surface area contributed by atoms with Gasteiger partial charge in [0.1, 0.15) is 0 Å². The lowest BCUT2D eigenvalue weighted by Gasteiger charge is -2.35. The standard InChI is InChI=1S/C23H23NO2.C16H19BrO2.C7H6BNO2/c1-3-26-20-9-11-23(12-10-20)15-18-8-7-17(14-21(18)22(23)25)16-5-4-6-19(13-16)24-2;1-2-19-13-5-7-16(8-6-13)10-11-3-4-12(17)9-14(11)15(16)18;9-5-6-2-1-3-7(4-6)8(10)11/h4-8,13-14,20H,3,9-12,15H2,1H3;3-4,9,13H,2,5-8,10H2,1H3;1-4,10-11H. The Morgan fingerprint density at radius 2 is 1.30 bits per heavy atom. The number of carbonyl (C=O) groups excluding carboxylic acids is 2. The fourth-order valence-electron chi connectivity index (χ4n) is 8.92. The monoisotopic (exact) mass is 814 g/mol. The van der Waals surface area contributed by atoms with Crippen LogP contribution in [0.2, 0.25) is 0 Å². The molecule has 4 aliphatic rings. The topological polar surface area (TPSA) is 121 Å². The van der Waals surface area contributed by atoms with Gasteiger partial charge in [-0.3, -0.25) is 9.59 Å². The zero-order valence-corrected chi connectivity index (χ0v) is 33.7. The number of ketones is 2. The number of hydrogen-bond donors (Lipinski definition) is 2. The summed E-state index contributed by atoms with van der Waals surface area (Å²) in [6, 6.07) is 28.0. The predicted molar refractivity (Wildman–Crippen MR) is 222 cm³/mol. The number of nitrogens with zero attached hydrogens (tertiary/aromatic N) is 2. The van der Waals surface area contributed by atoms with E-state index in [9.17, 15) is 9.59 Å². The van der Waals surface area contributed by atoms with Crippen molar-refractivity contribution in [3.63, 3.8) is 0 Å². The van der Waals surface area contributed by atoms with Crippen molar-refractivity contribution in [3.05, 3.63) is 129 Å². The Kier molecular flexibility index (Phi) is 13.4. The van der Waals surface area contributed by atoms with Gasteiger partial charge in [-0.25, -0.2) is 4.85 Å². The number of hydrogen-bond acceptors (Lipinski definition) is 7. The maximum absolute atomic E-state index is 13.3. The minimum absolute atomic E-state index is 0.128. The van der Waals surface area contributed by atoms with Gasteiger partial charge in [-0.1, -0.05) is 64.5 Å². The molecule has 4 aromatic rings. The minimum atomic E-state index is -1.50. The summed E-state index contributed by atoms with van der Waals surface area (Å²) in [7, 11) is -1.50. The van der Waals surface area contributed by atoms with Crippen molar-refractivity contribution in [1.29, 1.82) is 5.26 Å². The number of halogens is 1. The Hall–Kier alpha value is -4.42. The average Bonchev–Trinajstić information content (AvgIpc) is 3.65. The summed E-state index contributed by atoms with van der Waals surface area (Å²) >= 11 is 3.46. The number of ether oxygens (including phenoxy) is 2. The number of nitriles is 1. The van der Waals surface area contributed by atoms with E-state index in [0.29, 0.717) is 40.5 Å². The molecule has 0 amide bonds. The Bertz CT molecular complexity index is 2140. The lowest BCUT2D eigenvalue weighted by molar-refractivity contribution is 0.00717. The van der Waals surface area contributed by atoms with Crippen molar-refractivity contribution in [2.24, 2.45) is 10.8 Å². The molecule has 0 bridgehead atoms. The number of Topliss-reactive ketones (excluding diaryl/α,β-unsaturated/α-hetero) is 2. The molecule has 0 unspecified atom stereocenters. The summed E-state index contributed by atoms with van der Waals surface area (Å²) in [5.41, 5.74) is 7.27. The summed E-state index contributed by atoms with van der Waals surface area (Å²) in [4.78, 5) is 29.5. The van der Waals surface area contributed by atoms with Crippen LogP contribution in [0.5, 0.6) is 0 Å². The van der Waals surface area contributed by atoms with Crippen molar-refractivity contribution in [2.75, 3.05) is 13.2 Å². The van der Waals surface area contributed by atoms with Crippen LogP contribution in [-0.4, -0.2) is 54.2 Å². The Balaban J connectivity index is 0.000000155. The number of fused-ring (bicyclic) bond motifs is 2. The maximum Gasteiger partial charge on any atom is 0.488 e. The van der Waals surface area contributed by atoms with Crippen molar-refractivity contribution < 1.29 is 29.1 Å². The average molecular weight is 816 g/mol. The molecule has 0 radical (unpaired) electrons. The van der Waals surface area contributed by atoms with E-state index in [-0.39, 0.29) is 10.8 Å². The van der Waals surface area contributed by atoms with E-state index in [4.69, 9.17) is 31.4 Å². The Morgan fingerprint density at radius 1 is 0.768 bits per heavy atom. The molecule has 0 saturated heterocycles. The molecule has 2 N–H and O–H groups in total. The molecular weight excluding hydrogens is 767 g/mol. The first kappa shape index (κ1) is 41.2. The van der Waals surface area contributed by atoms with E-state index in [1.807, 2.05) is 56.3 Å². The molecule has 8 rings (SSSR count). The quantitative estimate of drug-likeness (QED) is 0.147. The summed E-state index contributed by atoms with van der Waals surface area (Å²) in [5.74, 6) is 0.671. The first-order valence-corrected chi connectivity index (χ1v) is 20.4. The minimum Gasteiger partial charge on any atom is -0.423 e. The van der Waals surface area contributed by atoms with Crippen LogP contribution in [0.1, 0.15) is 103 Å². The molecule has 8 nitrogen and oxygen atoms in total. The predicted octanol–water partition coefficient (Wildman–Crippen LogP) is 9.00. The van der Waals surface area contributed by atoms with Crippen molar-refractivity contribution in [2.45, 2.75) is 90.3 Å². The van der Waals surface area contributed by atoms with Crippen LogP contribution in [0.4, 0.5) is 5.69 Å². The molecular formula is C46H48BBrN2O6. The second kappa shape index (κ2) is 18.2. The van der Waals surface area contributed by atoms with Crippen molar-refractivity contribution >= 4 is 45.8 Å². The number of carbonyl (C=O) groups is 2. The van der Waals surface area contributed by atoms with Gasteiger partial charge in [0, 0.05) is 39.6 Å². The molecule has 2 fully saturated rings.